The van der Waals surface area contributed by atoms with Crippen molar-refractivity contribution < 1.29 is 21.4 Å². The number of nitrogens with zero attached hydrogens (tertiary/aromatic N) is 1. The Morgan fingerprint density at radius 2 is 1.45 bits per heavy atom. The van der Waals surface area contributed by atoms with E-state index in [0.29, 0.717) is 31.4 Å². The molecule has 116 valence electrons. The van der Waals surface area contributed by atoms with E-state index in [1.165, 1.54) is 23.3 Å². The van der Waals surface area contributed by atoms with Crippen molar-refractivity contribution in [2.45, 2.75) is 25.7 Å². The van der Waals surface area contributed by atoms with Crippen LogP contribution < -0.4 is 0 Å². The quantitative estimate of drug-likeness (QED) is 0.507. The third-order valence-corrected chi connectivity index (χ3v) is 3.66. The molecule has 0 aromatic rings. The van der Waals surface area contributed by atoms with Crippen molar-refractivity contribution in [3.05, 3.63) is 23.0 Å². The van der Waals surface area contributed by atoms with E-state index < -0.39 is 31.9 Å². The highest BCUT2D eigenvalue weighted by molar-refractivity contribution is 7.87. The lowest BCUT2D eigenvalue weighted by Crippen LogP contribution is -2.03. The lowest BCUT2D eigenvalue weighted by atomic mass is 10.1. The standard InChI is InChI=1S/C11H19NO5S3/c1-18(13)9-5-3-7-11(12-20(15,16)17)8-4-6-10-19(2)14/h5-6,9-10H,3-4,7-8H2,1-2H3,(H,15,16,17)/b9-5+,10-6+,12-11?. The molecule has 20 heavy (non-hydrogen) atoms. The number of hydrogen-bond donors (Lipinski definition) is 1. The minimum absolute atomic E-state index is 0.325. The Morgan fingerprint density at radius 1 is 1.05 bits per heavy atom. The molecule has 0 radical (unpaired) electrons. The average Bonchev–Trinajstić information content (AvgIpc) is 2.27. The van der Waals surface area contributed by atoms with Crippen LogP contribution in [0.2, 0.25) is 0 Å². The van der Waals surface area contributed by atoms with Gasteiger partial charge < -0.3 is 0 Å². The Hall–Kier alpha value is -0.640. The summed E-state index contributed by atoms with van der Waals surface area (Å²) in [7, 11) is -6.50. The second-order valence-corrected chi connectivity index (χ2v) is 7.54. The molecule has 0 saturated heterocycles. The van der Waals surface area contributed by atoms with E-state index in [2.05, 4.69) is 4.40 Å². The summed E-state index contributed by atoms with van der Waals surface area (Å²) in [5.41, 5.74) is 0.325. The summed E-state index contributed by atoms with van der Waals surface area (Å²) in [5, 5.41) is 3.01. The van der Waals surface area contributed by atoms with E-state index in [1.54, 1.807) is 12.2 Å². The maximum Gasteiger partial charge on any atom is 0.378 e. The van der Waals surface area contributed by atoms with Gasteiger partial charge in [0, 0.05) is 39.8 Å². The summed E-state index contributed by atoms with van der Waals surface area (Å²) in [6.07, 6.45) is 8.06. The highest BCUT2D eigenvalue weighted by atomic mass is 32.2. The molecule has 9 heteroatoms. The molecule has 0 heterocycles. The number of allylic oxidation sites excluding steroid dienone is 2. The average molecular weight is 341 g/mol. The van der Waals surface area contributed by atoms with Crippen LogP contribution >= 0.6 is 0 Å². The van der Waals surface area contributed by atoms with Crippen molar-refractivity contribution in [1.29, 1.82) is 0 Å². The molecule has 0 aliphatic heterocycles. The van der Waals surface area contributed by atoms with Crippen molar-refractivity contribution in [2.75, 3.05) is 12.5 Å². The zero-order chi connectivity index (χ0) is 15.6. The van der Waals surface area contributed by atoms with Gasteiger partial charge in [0.25, 0.3) is 0 Å². The Kier molecular flexibility index (Phi) is 9.82. The molecule has 0 bridgehead atoms. The van der Waals surface area contributed by atoms with Crippen molar-refractivity contribution in [1.82, 2.24) is 0 Å². The molecule has 1 N–H and O–H groups in total. The third kappa shape index (κ3) is 13.8. The van der Waals surface area contributed by atoms with Crippen LogP contribution in [0.15, 0.2) is 27.4 Å². The van der Waals surface area contributed by atoms with Crippen LogP contribution in [0.25, 0.3) is 0 Å². The molecular formula is C11H19NO5S3. The fourth-order valence-corrected chi connectivity index (χ4v) is 2.61. The topological polar surface area (TPSA) is 101 Å². The first-order valence-electron chi connectivity index (χ1n) is 5.73. The predicted octanol–water partition coefficient (Wildman–Crippen LogP) is 1.58. The van der Waals surface area contributed by atoms with Gasteiger partial charge in [0.1, 0.15) is 0 Å². The summed E-state index contributed by atoms with van der Waals surface area (Å²) in [4.78, 5) is 0. The van der Waals surface area contributed by atoms with E-state index in [-0.39, 0.29) is 0 Å². The van der Waals surface area contributed by atoms with Gasteiger partial charge in [-0.3, -0.25) is 13.0 Å². The fraction of sp³-hybridized carbons (Fsp3) is 0.545. The van der Waals surface area contributed by atoms with Crippen LogP contribution in [-0.4, -0.2) is 39.6 Å². The highest BCUT2D eigenvalue weighted by Gasteiger charge is 2.05. The lowest BCUT2D eigenvalue weighted by Gasteiger charge is -2.01. The largest absolute Gasteiger partial charge is 0.378 e. The summed E-state index contributed by atoms with van der Waals surface area (Å²) >= 11 is 0. The zero-order valence-electron chi connectivity index (χ0n) is 11.4. The second-order valence-electron chi connectivity index (χ2n) is 3.92. The van der Waals surface area contributed by atoms with Crippen LogP contribution in [0, 0.1) is 0 Å². The van der Waals surface area contributed by atoms with E-state index in [9.17, 15) is 16.8 Å². The molecule has 2 atom stereocenters. The van der Waals surface area contributed by atoms with Gasteiger partial charge in [0.05, 0.1) is 0 Å². The number of rotatable bonds is 9. The maximum atomic E-state index is 10.8. The predicted molar refractivity (Wildman–Crippen MR) is 83.9 cm³/mol. The smallest absolute Gasteiger partial charge is 0.268 e. The normalized spacial score (nSPS) is 15.6. The second kappa shape index (κ2) is 10.1. The van der Waals surface area contributed by atoms with Crippen molar-refractivity contribution >= 4 is 37.6 Å². The molecule has 0 aliphatic rings. The molecule has 0 aliphatic carbocycles. The van der Waals surface area contributed by atoms with Gasteiger partial charge in [-0.05, 0) is 36.5 Å². The SMILES string of the molecule is CS(=O)/C=C/CCC(CC/C=C/S(C)=O)=NS(=O)(=O)O. The first kappa shape index (κ1) is 19.4. The van der Waals surface area contributed by atoms with Crippen molar-refractivity contribution in [3.8, 4) is 0 Å². The molecule has 0 spiro atoms. The minimum atomic E-state index is -4.41. The van der Waals surface area contributed by atoms with Crippen LogP contribution in [0.3, 0.4) is 0 Å². The summed E-state index contributed by atoms with van der Waals surface area (Å²) in [6, 6.07) is 0. The molecule has 0 aromatic carbocycles. The molecule has 0 saturated carbocycles. The van der Waals surface area contributed by atoms with Gasteiger partial charge in [0.2, 0.25) is 0 Å². The Morgan fingerprint density at radius 3 is 1.75 bits per heavy atom. The molecule has 6 nitrogen and oxygen atoms in total. The van der Waals surface area contributed by atoms with E-state index in [4.69, 9.17) is 4.55 Å². The summed E-state index contributed by atoms with van der Waals surface area (Å²) < 4.78 is 55.1. The summed E-state index contributed by atoms with van der Waals surface area (Å²) in [5.74, 6) is 0. The van der Waals surface area contributed by atoms with E-state index >= 15 is 0 Å². The Balaban J connectivity index is 4.55. The van der Waals surface area contributed by atoms with Crippen LogP contribution in [0.4, 0.5) is 0 Å². The molecule has 2 unspecified atom stereocenters. The van der Waals surface area contributed by atoms with E-state index in [1.807, 2.05) is 0 Å². The molecule has 0 rings (SSSR count). The van der Waals surface area contributed by atoms with Crippen LogP contribution in [0.1, 0.15) is 25.7 Å². The molecule has 0 amide bonds. The van der Waals surface area contributed by atoms with Crippen molar-refractivity contribution in [3.63, 3.8) is 0 Å². The minimum Gasteiger partial charge on any atom is -0.268 e. The van der Waals surface area contributed by atoms with Crippen molar-refractivity contribution in [2.24, 2.45) is 4.40 Å². The first-order chi connectivity index (χ1) is 9.20. The first-order valence-corrected chi connectivity index (χ1v) is 10.4. The van der Waals surface area contributed by atoms with Gasteiger partial charge in [-0.1, -0.05) is 12.2 Å². The van der Waals surface area contributed by atoms with Gasteiger partial charge in [-0.25, -0.2) is 0 Å². The maximum absolute atomic E-state index is 10.8. The monoisotopic (exact) mass is 341 g/mol. The van der Waals surface area contributed by atoms with Gasteiger partial charge in [0.15, 0.2) is 0 Å². The third-order valence-electron chi connectivity index (χ3n) is 2.02. The van der Waals surface area contributed by atoms with Crippen LogP contribution in [-0.2, 0) is 31.9 Å². The molecule has 0 aromatic heterocycles. The van der Waals surface area contributed by atoms with Crippen LogP contribution in [0.5, 0.6) is 0 Å². The lowest BCUT2D eigenvalue weighted by molar-refractivity contribution is 0.485. The highest BCUT2D eigenvalue weighted by Crippen LogP contribution is 2.06. The Labute approximate surface area is 124 Å². The van der Waals surface area contributed by atoms with Gasteiger partial charge in [-0.2, -0.15) is 8.42 Å². The van der Waals surface area contributed by atoms with E-state index in [0.717, 1.165) is 0 Å². The number of hydrogen-bond acceptors (Lipinski definition) is 4. The molecular weight excluding hydrogens is 322 g/mol. The molecule has 0 fully saturated rings. The van der Waals surface area contributed by atoms with Gasteiger partial charge >= 0.3 is 10.3 Å². The zero-order valence-corrected chi connectivity index (χ0v) is 13.8. The summed E-state index contributed by atoms with van der Waals surface area (Å²) in [6.45, 7) is 0. The fourth-order valence-electron chi connectivity index (χ4n) is 1.29. The Bertz CT molecular complexity index is 504. The van der Waals surface area contributed by atoms with Gasteiger partial charge in [-0.15, -0.1) is 4.40 Å².